The molecule has 0 bridgehead atoms. The lowest BCUT2D eigenvalue weighted by atomic mass is 9.99. The highest BCUT2D eigenvalue weighted by Gasteiger charge is 2.26. The monoisotopic (exact) mass is 274 g/mol. The van der Waals surface area contributed by atoms with E-state index < -0.39 is 0 Å². The smallest absolute Gasteiger partial charge is 0.185 e. The van der Waals surface area contributed by atoms with E-state index in [1.54, 1.807) is 11.3 Å². The molecule has 0 saturated carbocycles. The quantitative estimate of drug-likeness (QED) is 0.935. The summed E-state index contributed by atoms with van der Waals surface area (Å²) in [6, 6.07) is 10.7. The van der Waals surface area contributed by atoms with Crippen LogP contribution < -0.4 is 4.90 Å². The molecule has 1 saturated heterocycles. The Labute approximate surface area is 117 Å². The van der Waals surface area contributed by atoms with Gasteiger partial charge in [-0.25, -0.2) is 4.98 Å². The van der Waals surface area contributed by atoms with Crippen LogP contribution in [0.5, 0.6) is 0 Å². The summed E-state index contributed by atoms with van der Waals surface area (Å²) in [6.07, 6.45) is 1.18. The number of nitrogens with zero attached hydrogens (tertiary/aromatic N) is 2. The molecule has 1 aliphatic rings. The minimum atomic E-state index is 0.0967. The van der Waals surface area contributed by atoms with Gasteiger partial charge in [-0.1, -0.05) is 41.7 Å². The van der Waals surface area contributed by atoms with Crippen LogP contribution in [-0.2, 0) is 6.61 Å². The van der Waals surface area contributed by atoms with E-state index in [-0.39, 0.29) is 6.61 Å². The summed E-state index contributed by atoms with van der Waals surface area (Å²) < 4.78 is 0. The van der Waals surface area contributed by atoms with Crippen molar-refractivity contribution in [2.45, 2.75) is 25.9 Å². The standard InChI is InChI=1S/C15H18N2OS/c1-11-14(10-18)19-15(16-11)17-8-7-13(9-17)12-5-3-2-4-6-12/h2-6,13,18H,7-10H2,1H3. The zero-order valence-electron chi connectivity index (χ0n) is 11.0. The molecule has 1 aromatic carbocycles. The molecule has 1 aromatic heterocycles. The second kappa shape index (κ2) is 5.31. The van der Waals surface area contributed by atoms with E-state index in [4.69, 9.17) is 0 Å². The van der Waals surface area contributed by atoms with E-state index in [0.717, 1.165) is 28.8 Å². The zero-order chi connectivity index (χ0) is 13.2. The minimum absolute atomic E-state index is 0.0967. The molecule has 19 heavy (non-hydrogen) atoms. The molecule has 2 heterocycles. The Bertz CT molecular complexity index is 553. The first kappa shape index (κ1) is 12.6. The Balaban J connectivity index is 1.75. The first-order valence-electron chi connectivity index (χ1n) is 6.65. The number of rotatable bonds is 3. The average molecular weight is 274 g/mol. The fourth-order valence-electron chi connectivity index (χ4n) is 2.63. The van der Waals surface area contributed by atoms with Gasteiger partial charge in [-0.3, -0.25) is 0 Å². The Morgan fingerprint density at radius 3 is 2.84 bits per heavy atom. The van der Waals surface area contributed by atoms with E-state index in [1.165, 1.54) is 12.0 Å². The predicted octanol–water partition coefficient (Wildman–Crippen LogP) is 2.94. The summed E-state index contributed by atoms with van der Waals surface area (Å²) in [5.74, 6) is 0.600. The second-order valence-electron chi connectivity index (χ2n) is 5.01. The van der Waals surface area contributed by atoms with Gasteiger partial charge >= 0.3 is 0 Å². The molecule has 100 valence electrons. The number of hydrogen-bond donors (Lipinski definition) is 1. The van der Waals surface area contributed by atoms with Crippen LogP contribution in [0.4, 0.5) is 5.13 Å². The minimum Gasteiger partial charge on any atom is -0.391 e. The SMILES string of the molecule is Cc1nc(N2CCC(c3ccccc3)C2)sc1CO. The van der Waals surface area contributed by atoms with E-state index in [9.17, 15) is 5.11 Å². The van der Waals surface area contributed by atoms with Crippen LogP contribution in [0.3, 0.4) is 0 Å². The number of benzene rings is 1. The summed E-state index contributed by atoms with van der Waals surface area (Å²) in [5, 5.41) is 10.3. The number of hydrogen-bond acceptors (Lipinski definition) is 4. The lowest BCUT2D eigenvalue weighted by Gasteiger charge is -2.15. The number of aromatic nitrogens is 1. The fourth-order valence-corrected chi connectivity index (χ4v) is 3.58. The van der Waals surface area contributed by atoms with Crippen LogP contribution in [0.15, 0.2) is 30.3 Å². The summed E-state index contributed by atoms with van der Waals surface area (Å²) in [5.41, 5.74) is 2.38. The summed E-state index contributed by atoms with van der Waals surface area (Å²) in [6.45, 7) is 4.15. The van der Waals surface area contributed by atoms with Crippen LogP contribution in [0, 0.1) is 6.92 Å². The van der Waals surface area contributed by atoms with Crippen molar-refractivity contribution in [3.8, 4) is 0 Å². The number of aliphatic hydroxyl groups is 1. The van der Waals surface area contributed by atoms with Crippen molar-refractivity contribution in [2.75, 3.05) is 18.0 Å². The molecule has 4 heteroatoms. The highest BCUT2D eigenvalue weighted by molar-refractivity contribution is 7.15. The third-order valence-electron chi connectivity index (χ3n) is 3.75. The van der Waals surface area contributed by atoms with Crippen LogP contribution in [-0.4, -0.2) is 23.2 Å². The molecule has 3 rings (SSSR count). The maximum absolute atomic E-state index is 9.26. The number of aryl methyl sites for hydroxylation is 1. The summed E-state index contributed by atoms with van der Waals surface area (Å²) >= 11 is 1.62. The molecule has 1 N–H and O–H groups in total. The maximum atomic E-state index is 9.26. The van der Waals surface area contributed by atoms with Crippen LogP contribution in [0.2, 0.25) is 0 Å². The van der Waals surface area contributed by atoms with E-state index in [1.807, 2.05) is 6.92 Å². The van der Waals surface area contributed by atoms with Crippen molar-refractivity contribution in [3.63, 3.8) is 0 Å². The normalized spacial score (nSPS) is 19.1. The molecule has 1 fully saturated rings. The third kappa shape index (κ3) is 2.51. The van der Waals surface area contributed by atoms with Crippen molar-refractivity contribution in [2.24, 2.45) is 0 Å². The Morgan fingerprint density at radius 1 is 1.37 bits per heavy atom. The topological polar surface area (TPSA) is 36.4 Å². The van der Waals surface area contributed by atoms with Gasteiger partial charge < -0.3 is 10.0 Å². The first-order chi connectivity index (χ1) is 9.28. The highest BCUT2D eigenvalue weighted by Crippen LogP contribution is 2.33. The molecule has 3 nitrogen and oxygen atoms in total. The molecule has 1 atom stereocenters. The molecule has 0 amide bonds. The molecule has 2 aromatic rings. The molecular formula is C15H18N2OS. The second-order valence-corrected chi connectivity index (χ2v) is 6.07. The van der Waals surface area contributed by atoms with Crippen molar-refractivity contribution in [1.82, 2.24) is 4.98 Å². The lowest BCUT2D eigenvalue weighted by Crippen LogP contribution is -2.18. The van der Waals surface area contributed by atoms with Gasteiger partial charge in [-0.05, 0) is 18.9 Å². The highest BCUT2D eigenvalue weighted by atomic mass is 32.1. The molecule has 1 unspecified atom stereocenters. The van der Waals surface area contributed by atoms with E-state index in [0.29, 0.717) is 5.92 Å². The Hall–Kier alpha value is -1.39. The molecule has 0 radical (unpaired) electrons. The molecular weight excluding hydrogens is 256 g/mol. The average Bonchev–Trinajstić information content (AvgIpc) is 3.06. The van der Waals surface area contributed by atoms with Gasteiger partial charge in [0.1, 0.15) is 0 Å². The van der Waals surface area contributed by atoms with Crippen LogP contribution >= 0.6 is 11.3 Å². The molecule has 0 spiro atoms. The van der Waals surface area contributed by atoms with E-state index in [2.05, 4.69) is 40.2 Å². The van der Waals surface area contributed by atoms with Crippen LogP contribution in [0.25, 0.3) is 0 Å². The first-order valence-corrected chi connectivity index (χ1v) is 7.46. The lowest BCUT2D eigenvalue weighted by molar-refractivity contribution is 0.284. The predicted molar refractivity (Wildman–Crippen MR) is 78.8 cm³/mol. The van der Waals surface area contributed by atoms with Gasteiger partial charge in [-0.15, -0.1) is 0 Å². The number of anilines is 1. The van der Waals surface area contributed by atoms with Crippen molar-refractivity contribution >= 4 is 16.5 Å². The summed E-state index contributed by atoms with van der Waals surface area (Å²) in [7, 11) is 0. The Morgan fingerprint density at radius 2 is 2.16 bits per heavy atom. The zero-order valence-corrected chi connectivity index (χ0v) is 11.9. The van der Waals surface area contributed by atoms with E-state index >= 15 is 0 Å². The van der Waals surface area contributed by atoms with Crippen molar-refractivity contribution in [1.29, 1.82) is 0 Å². The van der Waals surface area contributed by atoms with Crippen molar-refractivity contribution in [3.05, 3.63) is 46.5 Å². The number of thiazole rings is 1. The maximum Gasteiger partial charge on any atom is 0.185 e. The largest absolute Gasteiger partial charge is 0.391 e. The van der Waals surface area contributed by atoms with Gasteiger partial charge in [0.2, 0.25) is 0 Å². The van der Waals surface area contributed by atoms with Gasteiger partial charge in [0, 0.05) is 19.0 Å². The van der Waals surface area contributed by atoms with Gasteiger partial charge in [0.25, 0.3) is 0 Å². The molecule has 1 aliphatic heterocycles. The van der Waals surface area contributed by atoms with Gasteiger partial charge in [-0.2, -0.15) is 0 Å². The number of aliphatic hydroxyl groups excluding tert-OH is 1. The third-order valence-corrected chi connectivity index (χ3v) is 4.96. The van der Waals surface area contributed by atoms with Gasteiger partial charge in [0.15, 0.2) is 5.13 Å². The fraction of sp³-hybridized carbons (Fsp3) is 0.400. The molecule has 0 aliphatic carbocycles. The van der Waals surface area contributed by atoms with Gasteiger partial charge in [0.05, 0.1) is 17.2 Å². The van der Waals surface area contributed by atoms with Crippen molar-refractivity contribution < 1.29 is 5.11 Å². The Kier molecular flexibility index (Phi) is 3.53. The van der Waals surface area contributed by atoms with Crippen LogP contribution in [0.1, 0.15) is 28.5 Å². The summed E-state index contributed by atoms with van der Waals surface area (Å²) in [4.78, 5) is 7.90.